The highest BCUT2D eigenvalue weighted by atomic mass is 35.5. The Hall–Kier alpha value is -1.69. The molecular formula is C17H15Cl2N3OS. The lowest BCUT2D eigenvalue weighted by Crippen LogP contribution is -1.95. The van der Waals surface area contributed by atoms with Crippen LogP contribution in [-0.2, 0) is 12.8 Å². The lowest BCUT2D eigenvalue weighted by molar-refractivity contribution is 0.415. The lowest BCUT2D eigenvalue weighted by Gasteiger charge is -2.07. The summed E-state index contributed by atoms with van der Waals surface area (Å²) in [5, 5.41) is 10.7. The quantitative estimate of drug-likeness (QED) is 0.578. The highest BCUT2D eigenvalue weighted by Crippen LogP contribution is 2.32. The van der Waals surface area contributed by atoms with Gasteiger partial charge in [0.25, 0.3) is 0 Å². The van der Waals surface area contributed by atoms with E-state index in [-0.39, 0.29) is 0 Å². The standard InChI is InChI=1S/C17H15Cl2N3OS/c1-22-16(11-6-8-12(23-2)9-7-11)20-21-17(22)24-10-13-14(18)4-3-5-15(13)19/h3-9H,10H2,1-2H3. The van der Waals surface area contributed by atoms with Gasteiger partial charge in [-0.1, -0.05) is 41.0 Å². The van der Waals surface area contributed by atoms with E-state index in [9.17, 15) is 0 Å². The maximum atomic E-state index is 6.21. The summed E-state index contributed by atoms with van der Waals surface area (Å²) in [7, 11) is 3.59. The van der Waals surface area contributed by atoms with Crippen LogP contribution >= 0.6 is 35.0 Å². The molecule has 0 aliphatic rings. The molecule has 0 aliphatic heterocycles. The zero-order valence-corrected chi connectivity index (χ0v) is 15.5. The second kappa shape index (κ2) is 7.47. The summed E-state index contributed by atoms with van der Waals surface area (Å²) in [5.41, 5.74) is 1.88. The van der Waals surface area contributed by atoms with Crippen LogP contribution in [0.25, 0.3) is 11.4 Å². The van der Waals surface area contributed by atoms with Crippen LogP contribution in [0, 0.1) is 0 Å². The van der Waals surface area contributed by atoms with Gasteiger partial charge in [-0.15, -0.1) is 10.2 Å². The largest absolute Gasteiger partial charge is 0.497 e. The monoisotopic (exact) mass is 379 g/mol. The normalized spacial score (nSPS) is 10.8. The van der Waals surface area contributed by atoms with E-state index in [1.807, 2.05) is 54.1 Å². The number of thioether (sulfide) groups is 1. The van der Waals surface area contributed by atoms with E-state index < -0.39 is 0 Å². The second-order valence-electron chi connectivity index (χ2n) is 5.08. The molecule has 0 spiro atoms. The number of benzene rings is 2. The van der Waals surface area contributed by atoms with Gasteiger partial charge in [0.15, 0.2) is 11.0 Å². The van der Waals surface area contributed by atoms with Gasteiger partial charge in [0.1, 0.15) is 5.75 Å². The Bertz CT molecular complexity index is 829. The summed E-state index contributed by atoms with van der Waals surface area (Å²) in [4.78, 5) is 0. The fourth-order valence-corrected chi connectivity index (χ4v) is 3.89. The number of hydrogen-bond donors (Lipinski definition) is 0. The fraction of sp³-hybridized carbons (Fsp3) is 0.176. The first-order valence-electron chi connectivity index (χ1n) is 7.19. The molecule has 124 valence electrons. The van der Waals surface area contributed by atoms with Gasteiger partial charge in [-0.2, -0.15) is 0 Å². The Labute approximate surface area is 154 Å². The van der Waals surface area contributed by atoms with Crippen molar-refractivity contribution >= 4 is 35.0 Å². The number of nitrogens with zero attached hydrogens (tertiary/aromatic N) is 3. The molecular weight excluding hydrogens is 365 g/mol. The molecule has 0 fully saturated rings. The molecule has 0 unspecified atom stereocenters. The molecule has 0 saturated heterocycles. The molecule has 3 rings (SSSR count). The SMILES string of the molecule is COc1ccc(-c2nnc(SCc3c(Cl)cccc3Cl)n2C)cc1. The van der Waals surface area contributed by atoms with Crippen LogP contribution in [0.2, 0.25) is 10.0 Å². The predicted molar refractivity (Wildman–Crippen MR) is 99.0 cm³/mol. The molecule has 1 aromatic heterocycles. The Morgan fingerprint density at radius 1 is 1.04 bits per heavy atom. The first-order chi connectivity index (χ1) is 11.6. The van der Waals surface area contributed by atoms with Crippen molar-refractivity contribution < 1.29 is 4.74 Å². The Morgan fingerprint density at radius 2 is 1.71 bits per heavy atom. The van der Waals surface area contributed by atoms with E-state index in [0.717, 1.165) is 27.9 Å². The molecule has 0 amide bonds. The minimum atomic E-state index is 0.632. The van der Waals surface area contributed by atoms with Crippen molar-refractivity contribution in [2.45, 2.75) is 10.9 Å². The van der Waals surface area contributed by atoms with Crippen LogP contribution in [0.5, 0.6) is 5.75 Å². The minimum absolute atomic E-state index is 0.632. The summed E-state index contributed by atoms with van der Waals surface area (Å²) < 4.78 is 7.13. The summed E-state index contributed by atoms with van der Waals surface area (Å²) in [5.74, 6) is 2.24. The van der Waals surface area contributed by atoms with Gasteiger partial charge in [-0.05, 0) is 42.0 Å². The molecule has 0 N–H and O–H groups in total. The number of aromatic nitrogens is 3. The number of hydrogen-bond acceptors (Lipinski definition) is 4. The van der Waals surface area contributed by atoms with Gasteiger partial charge in [0, 0.05) is 28.4 Å². The molecule has 24 heavy (non-hydrogen) atoms. The third-order valence-corrected chi connectivity index (χ3v) is 5.35. The molecule has 3 aromatic rings. The first kappa shape index (κ1) is 17.1. The van der Waals surface area contributed by atoms with Crippen LogP contribution in [0.4, 0.5) is 0 Å². The molecule has 0 bridgehead atoms. The molecule has 1 heterocycles. The Morgan fingerprint density at radius 3 is 2.33 bits per heavy atom. The molecule has 0 atom stereocenters. The number of rotatable bonds is 5. The van der Waals surface area contributed by atoms with E-state index in [4.69, 9.17) is 27.9 Å². The maximum Gasteiger partial charge on any atom is 0.191 e. The van der Waals surface area contributed by atoms with Crippen molar-refractivity contribution in [2.24, 2.45) is 7.05 Å². The fourth-order valence-electron chi connectivity index (χ4n) is 2.24. The second-order valence-corrected chi connectivity index (χ2v) is 6.84. The summed E-state index contributed by atoms with van der Waals surface area (Å²) >= 11 is 14.0. The molecule has 0 radical (unpaired) electrons. The van der Waals surface area contributed by atoms with Crippen molar-refractivity contribution in [3.8, 4) is 17.1 Å². The summed E-state index contributed by atoms with van der Waals surface area (Å²) in [6.07, 6.45) is 0. The van der Waals surface area contributed by atoms with Crippen molar-refractivity contribution in [2.75, 3.05) is 7.11 Å². The third kappa shape index (κ3) is 3.53. The maximum absolute atomic E-state index is 6.21. The topological polar surface area (TPSA) is 39.9 Å². The molecule has 0 aliphatic carbocycles. The van der Waals surface area contributed by atoms with E-state index in [1.54, 1.807) is 18.9 Å². The van der Waals surface area contributed by atoms with Crippen molar-refractivity contribution in [3.63, 3.8) is 0 Å². The predicted octanol–water partition coefficient (Wildman–Crippen LogP) is 5.09. The van der Waals surface area contributed by atoms with Crippen LogP contribution in [-0.4, -0.2) is 21.9 Å². The van der Waals surface area contributed by atoms with Crippen molar-refractivity contribution in [1.29, 1.82) is 0 Å². The van der Waals surface area contributed by atoms with Crippen molar-refractivity contribution in [1.82, 2.24) is 14.8 Å². The lowest BCUT2D eigenvalue weighted by atomic mass is 10.2. The van der Waals surface area contributed by atoms with Crippen LogP contribution in [0.3, 0.4) is 0 Å². The highest BCUT2D eigenvalue weighted by Gasteiger charge is 2.13. The minimum Gasteiger partial charge on any atom is -0.497 e. The zero-order chi connectivity index (χ0) is 17.1. The van der Waals surface area contributed by atoms with Crippen LogP contribution < -0.4 is 4.74 Å². The third-order valence-electron chi connectivity index (χ3n) is 3.59. The molecule has 4 nitrogen and oxygen atoms in total. The Kier molecular flexibility index (Phi) is 5.33. The van der Waals surface area contributed by atoms with Gasteiger partial charge in [-0.3, -0.25) is 0 Å². The van der Waals surface area contributed by atoms with E-state index >= 15 is 0 Å². The molecule has 2 aromatic carbocycles. The van der Waals surface area contributed by atoms with E-state index in [2.05, 4.69) is 10.2 Å². The zero-order valence-electron chi connectivity index (χ0n) is 13.2. The number of methoxy groups -OCH3 is 1. The molecule has 0 saturated carbocycles. The van der Waals surface area contributed by atoms with Crippen LogP contribution in [0.1, 0.15) is 5.56 Å². The first-order valence-corrected chi connectivity index (χ1v) is 8.94. The van der Waals surface area contributed by atoms with Gasteiger partial charge < -0.3 is 9.30 Å². The van der Waals surface area contributed by atoms with Crippen molar-refractivity contribution in [3.05, 3.63) is 58.1 Å². The number of halogens is 2. The smallest absolute Gasteiger partial charge is 0.191 e. The summed E-state index contributed by atoms with van der Waals surface area (Å²) in [6.45, 7) is 0. The van der Waals surface area contributed by atoms with Gasteiger partial charge in [0.2, 0.25) is 0 Å². The molecule has 7 heteroatoms. The average Bonchev–Trinajstić information content (AvgIpc) is 2.95. The summed E-state index contributed by atoms with van der Waals surface area (Å²) in [6, 6.07) is 13.2. The van der Waals surface area contributed by atoms with Gasteiger partial charge >= 0.3 is 0 Å². The van der Waals surface area contributed by atoms with Crippen LogP contribution in [0.15, 0.2) is 47.6 Å². The van der Waals surface area contributed by atoms with E-state index in [1.165, 1.54) is 0 Å². The van der Waals surface area contributed by atoms with Gasteiger partial charge in [0.05, 0.1) is 7.11 Å². The van der Waals surface area contributed by atoms with Gasteiger partial charge in [-0.25, -0.2) is 0 Å². The van der Waals surface area contributed by atoms with E-state index in [0.29, 0.717) is 15.8 Å². The average molecular weight is 380 g/mol. The Balaban J connectivity index is 1.80. The highest BCUT2D eigenvalue weighted by molar-refractivity contribution is 7.98. The number of ether oxygens (including phenoxy) is 1.